The predicted molar refractivity (Wildman–Crippen MR) is 54.8 cm³/mol. The van der Waals surface area contributed by atoms with Crippen LogP contribution in [0, 0.1) is 0 Å². The average molecular weight is 260 g/mol. The molecule has 0 atom stereocenters. The van der Waals surface area contributed by atoms with Crippen LogP contribution in [0.3, 0.4) is 0 Å². The van der Waals surface area contributed by atoms with Gasteiger partial charge in [0.25, 0.3) is 10.1 Å². The molecule has 7 nitrogen and oxygen atoms in total. The van der Waals surface area contributed by atoms with Gasteiger partial charge in [0.2, 0.25) is 0 Å². The Hall–Kier alpha value is -0.500. The zero-order valence-electron chi connectivity index (χ0n) is 7.81. The van der Waals surface area contributed by atoms with Crippen LogP contribution in [0.25, 0.3) is 0 Å². The minimum atomic E-state index is -4.25. The van der Waals surface area contributed by atoms with E-state index in [0.717, 1.165) is 6.08 Å². The maximum atomic E-state index is 9.81. The van der Waals surface area contributed by atoms with Crippen LogP contribution < -0.4 is 0 Å². The van der Waals surface area contributed by atoms with E-state index < -0.39 is 17.9 Å². The van der Waals surface area contributed by atoms with Gasteiger partial charge < -0.3 is 9.79 Å². The number of hydrogen-bond donors (Lipinski definition) is 3. The van der Waals surface area contributed by atoms with Gasteiger partial charge in [0, 0.05) is 0 Å². The van der Waals surface area contributed by atoms with Gasteiger partial charge in [0.05, 0.1) is 12.4 Å². The van der Waals surface area contributed by atoms with Crippen molar-refractivity contribution in [3.05, 3.63) is 25.3 Å². The van der Waals surface area contributed by atoms with E-state index in [-0.39, 0.29) is 12.4 Å². The standard InChI is InChI=1S/C3H7O4P.C3H6O3S/c1-2-3-7-8(4,5)6;1-2-3-7(4,5)6/h2H,1,3H2,(H2,4,5,6);2H,1,3H2,(H,4,5,6). The molecule has 0 radical (unpaired) electrons. The van der Waals surface area contributed by atoms with Crippen molar-refractivity contribution in [1.29, 1.82) is 0 Å². The fourth-order valence-corrected chi connectivity index (χ4v) is 0.896. The second-order valence-corrected chi connectivity index (χ2v) is 4.85. The molecular formula is C6H13O7PS. The molecule has 0 spiro atoms. The molecule has 0 aromatic rings. The largest absolute Gasteiger partial charge is 0.469 e. The van der Waals surface area contributed by atoms with Crippen LogP contribution in [0.4, 0.5) is 0 Å². The summed E-state index contributed by atoms with van der Waals surface area (Å²) in [6.07, 6.45) is 2.38. The van der Waals surface area contributed by atoms with E-state index in [0.29, 0.717) is 0 Å². The van der Waals surface area contributed by atoms with E-state index in [9.17, 15) is 13.0 Å². The quantitative estimate of drug-likeness (QED) is 0.370. The Kier molecular flexibility index (Phi) is 8.74. The van der Waals surface area contributed by atoms with E-state index >= 15 is 0 Å². The van der Waals surface area contributed by atoms with Crippen molar-refractivity contribution in [3.63, 3.8) is 0 Å². The smallest absolute Gasteiger partial charge is 0.303 e. The van der Waals surface area contributed by atoms with Crippen molar-refractivity contribution < 1.29 is 31.8 Å². The number of rotatable bonds is 5. The minimum absolute atomic E-state index is 0.121. The maximum Gasteiger partial charge on any atom is 0.469 e. The first-order valence-electron chi connectivity index (χ1n) is 3.49. The first-order chi connectivity index (χ1) is 6.62. The summed E-state index contributed by atoms with van der Waals surface area (Å²) in [5, 5.41) is 0. The third-order valence-electron chi connectivity index (χ3n) is 0.689. The molecule has 90 valence electrons. The van der Waals surface area contributed by atoms with Gasteiger partial charge in [-0.1, -0.05) is 12.2 Å². The van der Waals surface area contributed by atoms with Gasteiger partial charge in [0.1, 0.15) is 0 Å². The highest BCUT2D eigenvalue weighted by molar-refractivity contribution is 7.85. The van der Waals surface area contributed by atoms with Crippen molar-refractivity contribution in [2.45, 2.75) is 0 Å². The molecule has 15 heavy (non-hydrogen) atoms. The van der Waals surface area contributed by atoms with Gasteiger partial charge in [-0.2, -0.15) is 8.42 Å². The molecule has 3 N–H and O–H groups in total. The molecule has 0 saturated carbocycles. The van der Waals surface area contributed by atoms with Crippen LogP contribution in [-0.4, -0.2) is 35.1 Å². The highest BCUT2D eigenvalue weighted by Gasteiger charge is 2.10. The summed E-state index contributed by atoms with van der Waals surface area (Å²) < 4.78 is 41.1. The summed E-state index contributed by atoms with van der Waals surface area (Å²) in [5.74, 6) is -0.368. The molecule has 0 bridgehead atoms. The van der Waals surface area contributed by atoms with Gasteiger partial charge in [-0.05, 0) is 0 Å². The second-order valence-electron chi connectivity index (χ2n) is 2.11. The molecular weight excluding hydrogens is 247 g/mol. The van der Waals surface area contributed by atoms with Crippen molar-refractivity contribution in [3.8, 4) is 0 Å². The minimum Gasteiger partial charge on any atom is -0.303 e. The molecule has 9 heteroatoms. The molecule has 0 heterocycles. The Morgan fingerprint density at radius 1 is 1.27 bits per heavy atom. The van der Waals surface area contributed by atoms with Crippen LogP contribution in [0.15, 0.2) is 25.3 Å². The Morgan fingerprint density at radius 3 is 1.80 bits per heavy atom. The molecule has 0 amide bonds. The average Bonchev–Trinajstić information content (AvgIpc) is 1.98. The van der Waals surface area contributed by atoms with Crippen LogP contribution in [-0.2, 0) is 19.2 Å². The lowest BCUT2D eigenvalue weighted by Crippen LogP contribution is -1.99. The van der Waals surface area contributed by atoms with Crippen molar-refractivity contribution in [2.24, 2.45) is 0 Å². The highest BCUT2D eigenvalue weighted by Crippen LogP contribution is 2.35. The molecule has 0 rings (SSSR count). The fourth-order valence-electron chi connectivity index (χ4n) is 0.299. The summed E-state index contributed by atoms with van der Waals surface area (Å²) in [4.78, 5) is 16.0. The first-order valence-corrected chi connectivity index (χ1v) is 6.63. The van der Waals surface area contributed by atoms with Crippen LogP contribution in [0.2, 0.25) is 0 Å². The van der Waals surface area contributed by atoms with Crippen molar-refractivity contribution >= 4 is 17.9 Å². The van der Waals surface area contributed by atoms with Gasteiger partial charge in [-0.25, -0.2) is 4.57 Å². The Balaban J connectivity index is 0. The summed E-state index contributed by atoms with van der Waals surface area (Å²) in [5.41, 5.74) is 0. The van der Waals surface area contributed by atoms with Gasteiger partial charge in [-0.3, -0.25) is 9.08 Å². The summed E-state index contributed by atoms with van der Waals surface area (Å²) in [6.45, 7) is 6.18. The van der Waals surface area contributed by atoms with E-state index in [4.69, 9.17) is 14.3 Å². The lowest BCUT2D eigenvalue weighted by Gasteiger charge is -1.98. The molecule has 0 fully saturated rings. The molecule has 0 unspecified atom stereocenters. The topological polar surface area (TPSA) is 121 Å². The third-order valence-corrected chi connectivity index (χ3v) is 1.83. The number of phosphoric ester groups is 1. The lowest BCUT2D eigenvalue weighted by atomic mass is 10.7. The Morgan fingerprint density at radius 2 is 1.73 bits per heavy atom. The molecule has 0 aliphatic rings. The number of hydrogen-bond acceptors (Lipinski definition) is 4. The Bertz CT molecular complexity index is 327. The van der Waals surface area contributed by atoms with Gasteiger partial charge in [0.15, 0.2) is 0 Å². The van der Waals surface area contributed by atoms with Crippen LogP contribution in [0.5, 0.6) is 0 Å². The molecule has 0 saturated heterocycles. The van der Waals surface area contributed by atoms with Crippen molar-refractivity contribution in [2.75, 3.05) is 12.4 Å². The lowest BCUT2D eigenvalue weighted by molar-refractivity contribution is 0.216. The Labute approximate surface area is 88.1 Å². The van der Waals surface area contributed by atoms with E-state index in [1.165, 1.54) is 6.08 Å². The highest BCUT2D eigenvalue weighted by atomic mass is 32.2. The third kappa shape index (κ3) is 24.7. The number of phosphoric acid groups is 1. The molecule has 0 aliphatic heterocycles. The molecule has 0 aromatic heterocycles. The zero-order valence-corrected chi connectivity index (χ0v) is 9.52. The first kappa shape index (κ1) is 16.9. The summed E-state index contributed by atoms with van der Waals surface area (Å²) in [7, 11) is -8.05. The van der Waals surface area contributed by atoms with Crippen molar-refractivity contribution in [1.82, 2.24) is 0 Å². The van der Waals surface area contributed by atoms with E-state index in [1.807, 2.05) is 0 Å². The van der Waals surface area contributed by atoms with Crippen LogP contribution >= 0.6 is 7.82 Å². The van der Waals surface area contributed by atoms with E-state index in [2.05, 4.69) is 17.7 Å². The molecule has 0 aliphatic carbocycles. The van der Waals surface area contributed by atoms with Crippen LogP contribution in [0.1, 0.15) is 0 Å². The van der Waals surface area contributed by atoms with E-state index in [1.54, 1.807) is 0 Å². The maximum absolute atomic E-state index is 9.81. The van der Waals surface area contributed by atoms with Gasteiger partial charge >= 0.3 is 7.82 Å². The second kappa shape index (κ2) is 7.75. The zero-order chi connectivity index (χ0) is 12.5. The fraction of sp³-hybridized carbons (Fsp3) is 0.333. The molecule has 0 aromatic carbocycles. The summed E-state index contributed by atoms with van der Waals surface area (Å²) in [6, 6.07) is 0. The predicted octanol–water partition coefficient (Wildman–Crippen LogP) is 0.342. The van der Waals surface area contributed by atoms with Gasteiger partial charge in [-0.15, -0.1) is 13.2 Å². The SMILES string of the molecule is C=CCOP(=O)(O)O.C=CCS(=O)(=O)O. The normalized spacial score (nSPS) is 11.1. The monoisotopic (exact) mass is 260 g/mol. The summed E-state index contributed by atoms with van der Waals surface area (Å²) >= 11 is 0.